The number of rotatable bonds is 11. The van der Waals surface area contributed by atoms with Gasteiger partial charge >= 0.3 is 0 Å². The van der Waals surface area contributed by atoms with Crippen molar-refractivity contribution in [2.24, 2.45) is 0 Å². The van der Waals surface area contributed by atoms with Gasteiger partial charge in [0.05, 0.1) is 18.6 Å². The molecule has 2 aromatic rings. The van der Waals surface area contributed by atoms with Crippen LogP contribution in [-0.2, 0) is 14.8 Å². The summed E-state index contributed by atoms with van der Waals surface area (Å²) >= 11 is 0. The Morgan fingerprint density at radius 1 is 1.00 bits per heavy atom. The second-order valence-corrected chi connectivity index (χ2v) is 9.35. The maximum Gasteiger partial charge on any atom is 0.261 e. The van der Waals surface area contributed by atoms with Crippen LogP contribution < -0.4 is 19.5 Å². The second-order valence-electron chi connectivity index (χ2n) is 7.41. The van der Waals surface area contributed by atoms with Crippen LogP contribution in [0.25, 0.3) is 0 Å². The predicted octanol–water partition coefficient (Wildman–Crippen LogP) is 2.83. The van der Waals surface area contributed by atoms with Crippen LogP contribution in [0.15, 0.2) is 53.4 Å². The number of carbonyl (C=O) groups excluding carboxylic acids is 1. The minimum atomic E-state index is -3.43. The topological polar surface area (TPSA) is 94.2 Å². The Balaban J connectivity index is 1.44. The van der Waals surface area contributed by atoms with E-state index in [0.29, 0.717) is 43.3 Å². The van der Waals surface area contributed by atoms with Gasteiger partial charge in [-0.25, -0.2) is 8.42 Å². The molecule has 0 saturated carbocycles. The van der Waals surface area contributed by atoms with Crippen molar-refractivity contribution in [3.63, 3.8) is 0 Å². The number of methoxy groups -OCH3 is 1. The summed E-state index contributed by atoms with van der Waals surface area (Å²) in [5.41, 5.74) is 0. The monoisotopic (exact) mass is 462 g/mol. The van der Waals surface area contributed by atoms with Gasteiger partial charge in [0, 0.05) is 13.1 Å². The number of sulfonamides is 1. The molecule has 0 unspecified atom stereocenters. The van der Waals surface area contributed by atoms with E-state index in [1.54, 1.807) is 55.6 Å². The molecule has 8 nitrogen and oxygen atoms in total. The average molecular weight is 463 g/mol. The first kappa shape index (κ1) is 23.9. The summed E-state index contributed by atoms with van der Waals surface area (Å²) in [4.78, 5) is 12.7. The van der Waals surface area contributed by atoms with E-state index in [9.17, 15) is 13.2 Å². The summed E-state index contributed by atoms with van der Waals surface area (Å²) in [6.07, 6.45) is 1.70. The van der Waals surface area contributed by atoms with Gasteiger partial charge in [0.2, 0.25) is 10.0 Å². The number of carbonyl (C=O) groups is 1. The molecule has 2 aromatic carbocycles. The van der Waals surface area contributed by atoms with Gasteiger partial charge in [0.1, 0.15) is 23.9 Å². The van der Waals surface area contributed by atoms with Crippen LogP contribution in [0.4, 0.5) is 0 Å². The number of nitrogens with zero attached hydrogens (tertiary/aromatic N) is 1. The Hall–Kier alpha value is -2.78. The quantitative estimate of drug-likeness (QED) is 0.516. The van der Waals surface area contributed by atoms with Crippen LogP contribution in [0.1, 0.15) is 26.2 Å². The normalized spacial score (nSPS) is 15.2. The molecule has 1 aliphatic heterocycles. The van der Waals surface area contributed by atoms with Gasteiger partial charge in [-0.05, 0) is 67.8 Å². The van der Waals surface area contributed by atoms with Crippen molar-refractivity contribution < 1.29 is 27.4 Å². The van der Waals surface area contributed by atoms with Gasteiger partial charge in [-0.3, -0.25) is 4.79 Å². The van der Waals surface area contributed by atoms with Crippen molar-refractivity contribution in [1.82, 2.24) is 9.62 Å². The zero-order valence-electron chi connectivity index (χ0n) is 18.5. The van der Waals surface area contributed by atoms with Crippen molar-refractivity contribution in [3.8, 4) is 17.2 Å². The molecule has 3 rings (SSSR count). The van der Waals surface area contributed by atoms with Gasteiger partial charge < -0.3 is 19.5 Å². The van der Waals surface area contributed by atoms with Crippen LogP contribution in [0, 0.1) is 0 Å². The molecule has 32 heavy (non-hydrogen) atoms. The van der Waals surface area contributed by atoms with E-state index in [4.69, 9.17) is 14.2 Å². The fraction of sp³-hybridized carbons (Fsp3) is 0.435. The third-order valence-electron chi connectivity index (χ3n) is 5.20. The molecular weight excluding hydrogens is 432 g/mol. The zero-order valence-corrected chi connectivity index (χ0v) is 19.3. The third-order valence-corrected chi connectivity index (χ3v) is 7.11. The lowest BCUT2D eigenvalue weighted by atomic mass is 10.2. The van der Waals surface area contributed by atoms with Crippen LogP contribution in [-0.4, -0.2) is 58.1 Å². The Labute approximate surface area is 189 Å². The average Bonchev–Trinajstić information content (AvgIpc) is 3.37. The molecule has 0 spiro atoms. The van der Waals surface area contributed by atoms with Crippen molar-refractivity contribution in [2.45, 2.75) is 37.2 Å². The lowest BCUT2D eigenvalue weighted by Crippen LogP contribution is -2.39. The number of ether oxygens (including phenoxy) is 3. The fourth-order valence-corrected chi connectivity index (χ4v) is 4.90. The molecule has 1 amide bonds. The van der Waals surface area contributed by atoms with Crippen LogP contribution in [0.3, 0.4) is 0 Å². The van der Waals surface area contributed by atoms with Crippen molar-refractivity contribution in [2.75, 3.05) is 33.4 Å². The van der Waals surface area contributed by atoms with Gasteiger partial charge in [0.25, 0.3) is 5.91 Å². The molecule has 1 aliphatic rings. The number of benzene rings is 2. The van der Waals surface area contributed by atoms with E-state index in [2.05, 4.69) is 5.32 Å². The van der Waals surface area contributed by atoms with Gasteiger partial charge in [0.15, 0.2) is 6.10 Å². The number of hydrogen-bond donors (Lipinski definition) is 1. The molecule has 0 aliphatic carbocycles. The largest absolute Gasteiger partial charge is 0.497 e. The number of hydrogen-bond acceptors (Lipinski definition) is 6. The minimum Gasteiger partial charge on any atom is -0.497 e. The maximum atomic E-state index is 12.6. The van der Waals surface area contributed by atoms with Crippen molar-refractivity contribution in [3.05, 3.63) is 48.5 Å². The molecule has 174 valence electrons. The minimum absolute atomic E-state index is 0.223. The van der Waals surface area contributed by atoms with Gasteiger partial charge in [-0.2, -0.15) is 4.31 Å². The van der Waals surface area contributed by atoms with Crippen molar-refractivity contribution in [1.29, 1.82) is 0 Å². The highest BCUT2D eigenvalue weighted by atomic mass is 32.2. The molecule has 1 atom stereocenters. The van der Waals surface area contributed by atoms with Crippen LogP contribution in [0.2, 0.25) is 0 Å². The zero-order chi connectivity index (χ0) is 23.0. The van der Waals surface area contributed by atoms with E-state index in [0.717, 1.165) is 12.8 Å². The molecule has 1 saturated heterocycles. The van der Waals surface area contributed by atoms with Crippen LogP contribution in [0.5, 0.6) is 17.2 Å². The lowest BCUT2D eigenvalue weighted by Gasteiger charge is -2.18. The number of amides is 1. The standard InChI is InChI=1S/C23H30N2O6S/c1-3-22(31-20-8-6-18(29-2)7-9-20)23(26)24-14-17-30-19-10-12-21(13-11-19)32(27,28)25-15-4-5-16-25/h6-13,22H,3-5,14-17H2,1-2H3,(H,24,26)/t22-/m0/s1. The smallest absolute Gasteiger partial charge is 0.261 e. The highest BCUT2D eigenvalue weighted by Gasteiger charge is 2.27. The first-order valence-corrected chi connectivity index (χ1v) is 12.2. The van der Waals surface area contributed by atoms with Crippen molar-refractivity contribution >= 4 is 15.9 Å². The predicted molar refractivity (Wildman–Crippen MR) is 121 cm³/mol. The van der Waals surface area contributed by atoms with E-state index in [1.807, 2.05) is 6.92 Å². The molecule has 1 N–H and O–H groups in total. The third kappa shape index (κ3) is 6.14. The van der Waals surface area contributed by atoms with E-state index < -0.39 is 16.1 Å². The Bertz CT molecular complexity index is 971. The van der Waals surface area contributed by atoms with Gasteiger partial charge in [-0.1, -0.05) is 6.92 Å². The molecule has 1 fully saturated rings. The number of nitrogens with one attached hydrogen (secondary N) is 1. The van der Waals surface area contributed by atoms with Crippen LogP contribution >= 0.6 is 0 Å². The summed E-state index contributed by atoms with van der Waals surface area (Å²) < 4.78 is 43.1. The summed E-state index contributed by atoms with van der Waals surface area (Å²) in [5.74, 6) is 1.63. The first-order chi connectivity index (χ1) is 15.4. The lowest BCUT2D eigenvalue weighted by molar-refractivity contribution is -0.128. The second kappa shape index (κ2) is 11.2. The summed E-state index contributed by atoms with van der Waals surface area (Å²) in [5, 5.41) is 2.80. The molecule has 9 heteroatoms. The Kier molecular flexibility index (Phi) is 8.35. The highest BCUT2D eigenvalue weighted by molar-refractivity contribution is 7.89. The maximum absolute atomic E-state index is 12.6. The summed E-state index contributed by atoms with van der Waals surface area (Å²) in [7, 11) is -1.85. The molecule has 1 heterocycles. The molecule has 0 bridgehead atoms. The summed E-state index contributed by atoms with van der Waals surface area (Å²) in [6.45, 7) is 3.57. The Morgan fingerprint density at radius 3 is 2.19 bits per heavy atom. The van der Waals surface area contributed by atoms with E-state index >= 15 is 0 Å². The van der Waals surface area contributed by atoms with Gasteiger partial charge in [-0.15, -0.1) is 0 Å². The van der Waals surface area contributed by atoms with E-state index in [-0.39, 0.29) is 17.4 Å². The Morgan fingerprint density at radius 2 is 1.59 bits per heavy atom. The fourth-order valence-electron chi connectivity index (χ4n) is 3.38. The molecule has 0 aromatic heterocycles. The van der Waals surface area contributed by atoms with E-state index in [1.165, 1.54) is 4.31 Å². The summed E-state index contributed by atoms with van der Waals surface area (Å²) in [6, 6.07) is 13.4. The molecule has 0 radical (unpaired) electrons. The molecular formula is C23H30N2O6S. The SMILES string of the molecule is CC[C@H](Oc1ccc(OC)cc1)C(=O)NCCOc1ccc(S(=O)(=O)N2CCCC2)cc1. The highest BCUT2D eigenvalue weighted by Crippen LogP contribution is 2.23. The first-order valence-electron chi connectivity index (χ1n) is 10.8.